The van der Waals surface area contributed by atoms with E-state index >= 15 is 0 Å². The Hall–Kier alpha value is -0.800. The van der Waals surface area contributed by atoms with Gasteiger partial charge < -0.3 is 0 Å². The smallest absolute Gasteiger partial charge is 0.179 e. The molecule has 0 radical (unpaired) electrons. The van der Waals surface area contributed by atoms with Gasteiger partial charge in [0.15, 0.2) is 5.65 Å². The Morgan fingerprint density at radius 2 is 2.08 bits per heavy atom. The van der Waals surface area contributed by atoms with E-state index in [0.717, 1.165) is 5.82 Å². The van der Waals surface area contributed by atoms with Gasteiger partial charge in [-0.25, -0.2) is 0 Å². The number of nitrogens with zero attached hydrogens (tertiary/aromatic N) is 3. The van der Waals surface area contributed by atoms with Crippen LogP contribution < -0.4 is 0 Å². The summed E-state index contributed by atoms with van der Waals surface area (Å²) in [6.45, 7) is 1.84. The zero-order valence-electron chi connectivity index (χ0n) is 6.25. The van der Waals surface area contributed by atoms with Crippen molar-refractivity contribution in [3.63, 3.8) is 0 Å². The molecule has 0 bridgehead atoms. The molecule has 0 aliphatic rings. The van der Waals surface area contributed by atoms with Gasteiger partial charge in [-0.2, -0.15) is 0 Å². The maximum Gasteiger partial charge on any atom is 0.179 e. The van der Waals surface area contributed by atoms with Gasteiger partial charge in [0.05, 0.1) is 10.0 Å². The van der Waals surface area contributed by atoms with Crippen LogP contribution in [0.1, 0.15) is 5.82 Å². The third kappa shape index (κ3) is 1.06. The number of aryl methyl sites for hydroxylation is 1. The second-order valence-electron chi connectivity index (χ2n) is 2.45. The average molecular weight is 202 g/mol. The molecule has 2 aromatic heterocycles. The molecule has 2 aromatic rings. The van der Waals surface area contributed by atoms with Crippen molar-refractivity contribution < 1.29 is 0 Å². The largest absolute Gasteiger partial charge is 0.284 e. The molecule has 0 saturated carbocycles. The summed E-state index contributed by atoms with van der Waals surface area (Å²) in [6.07, 6.45) is 1.73. The molecule has 0 N–H and O–H groups in total. The summed E-state index contributed by atoms with van der Waals surface area (Å²) < 4.78 is 1.75. The van der Waals surface area contributed by atoms with Crippen LogP contribution in [0.2, 0.25) is 10.0 Å². The molecule has 0 unspecified atom stereocenters. The monoisotopic (exact) mass is 201 g/mol. The van der Waals surface area contributed by atoms with E-state index in [1.807, 2.05) is 6.92 Å². The van der Waals surface area contributed by atoms with Crippen LogP contribution in [-0.4, -0.2) is 14.6 Å². The fraction of sp³-hybridized carbons (Fsp3) is 0.143. The maximum atomic E-state index is 5.87. The second kappa shape index (κ2) is 2.61. The van der Waals surface area contributed by atoms with E-state index in [2.05, 4.69) is 10.2 Å². The van der Waals surface area contributed by atoms with Crippen LogP contribution in [0.4, 0.5) is 0 Å². The molecule has 2 heterocycles. The van der Waals surface area contributed by atoms with Crippen molar-refractivity contribution in [1.82, 2.24) is 14.6 Å². The van der Waals surface area contributed by atoms with Crippen LogP contribution >= 0.6 is 23.2 Å². The second-order valence-corrected chi connectivity index (χ2v) is 3.29. The molecule has 0 aliphatic heterocycles. The number of pyridine rings is 1. The molecule has 0 fully saturated rings. The van der Waals surface area contributed by atoms with E-state index in [0.29, 0.717) is 15.7 Å². The summed E-state index contributed by atoms with van der Waals surface area (Å²) in [7, 11) is 0. The SMILES string of the molecule is Cc1nnc2c(Cl)cc(Cl)cn12. The molecule has 5 heteroatoms. The first-order valence-electron chi connectivity index (χ1n) is 3.35. The van der Waals surface area contributed by atoms with E-state index in [1.54, 1.807) is 16.7 Å². The van der Waals surface area contributed by atoms with Crippen LogP contribution in [0, 0.1) is 6.92 Å². The summed E-state index contributed by atoms with van der Waals surface area (Å²) in [5.41, 5.74) is 0.638. The third-order valence-corrected chi connectivity index (χ3v) is 2.08. The minimum atomic E-state index is 0.517. The first-order chi connectivity index (χ1) is 5.68. The van der Waals surface area contributed by atoms with Gasteiger partial charge in [-0.3, -0.25) is 4.40 Å². The highest BCUT2D eigenvalue weighted by Gasteiger charge is 2.05. The molecule has 62 valence electrons. The lowest BCUT2D eigenvalue weighted by atomic mass is 10.4. The number of aromatic nitrogens is 3. The summed E-state index contributed by atoms with van der Waals surface area (Å²) in [5, 5.41) is 8.84. The van der Waals surface area contributed by atoms with Gasteiger partial charge in [-0.1, -0.05) is 23.2 Å². The predicted molar refractivity (Wildman–Crippen MR) is 47.7 cm³/mol. The van der Waals surface area contributed by atoms with E-state index in [9.17, 15) is 0 Å². The minimum absolute atomic E-state index is 0.517. The van der Waals surface area contributed by atoms with Crippen molar-refractivity contribution >= 4 is 28.8 Å². The van der Waals surface area contributed by atoms with Crippen molar-refractivity contribution in [3.8, 4) is 0 Å². The fourth-order valence-corrected chi connectivity index (χ4v) is 1.54. The Labute approximate surface area is 78.9 Å². The van der Waals surface area contributed by atoms with Gasteiger partial charge in [0.2, 0.25) is 0 Å². The lowest BCUT2D eigenvalue weighted by molar-refractivity contribution is 1.01. The van der Waals surface area contributed by atoms with Gasteiger partial charge in [0.1, 0.15) is 5.82 Å². The Balaban J connectivity index is 2.92. The number of rotatable bonds is 0. The zero-order valence-corrected chi connectivity index (χ0v) is 7.76. The van der Waals surface area contributed by atoms with Gasteiger partial charge in [0, 0.05) is 6.20 Å². The van der Waals surface area contributed by atoms with Crippen molar-refractivity contribution in [2.45, 2.75) is 6.92 Å². The molecule has 2 rings (SSSR count). The normalized spacial score (nSPS) is 10.9. The van der Waals surface area contributed by atoms with E-state index in [1.165, 1.54) is 0 Å². The molecular weight excluding hydrogens is 197 g/mol. The summed E-state index contributed by atoms with van der Waals surface area (Å²) in [4.78, 5) is 0. The van der Waals surface area contributed by atoms with Crippen LogP contribution in [0.3, 0.4) is 0 Å². The molecule has 0 saturated heterocycles. The van der Waals surface area contributed by atoms with Gasteiger partial charge in [0.25, 0.3) is 0 Å². The molecule has 0 atom stereocenters. The molecule has 0 aliphatic carbocycles. The standard InChI is InChI=1S/C7H5Cl2N3/c1-4-10-11-7-6(9)2-5(8)3-12(4)7/h2-3H,1H3. The highest BCUT2D eigenvalue weighted by molar-refractivity contribution is 6.36. The third-order valence-electron chi connectivity index (χ3n) is 1.60. The lowest BCUT2D eigenvalue weighted by Gasteiger charge is -1.96. The quantitative estimate of drug-likeness (QED) is 0.656. The lowest BCUT2D eigenvalue weighted by Crippen LogP contribution is -1.87. The minimum Gasteiger partial charge on any atom is -0.284 e. The predicted octanol–water partition coefficient (Wildman–Crippen LogP) is 2.34. The van der Waals surface area contributed by atoms with E-state index in [-0.39, 0.29) is 0 Å². The van der Waals surface area contributed by atoms with Crippen molar-refractivity contribution in [2.24, 2.45) is 0 Å². The Morgan fingerprint density at radius 3 is 2.83 bits per heavy atom. The Morgan fingerprint density at radius 1 is 1.33 bits per heavy atom. The zero-order chi connectivity index (χ0) is 8.72. The van der Waals surface area contributed by atoms with Crippen LogP contribution in [0.15, 0.2) is 12.3 Å². The van der Waals surface area contributed by atoms with Gasteiger partial charge in [-0.15, -0.1) is 10.2 Å². The topological polar surface area (TPSA) is 30.2 Å². The summed E-state index contributed by atoms with van der Waals surface area (Å²) in [6, 6.07) is 1.65. The number of hydrogen-bond acceptors (Lipinski definition) is 2. The van der Waals surface area contributed by atoms with Gasteiger partial charge >= 0.3 is 0 Å². The molecular formula is C7H5Cl2N3. The highest BCUT2D eigenvalue weighted by atomic mass is 35.5. The summed E-state index contributed by atoms with van der Waals surface area (Å²) >= 11 is 11.7. The molecule has 3 nitrogen and oxygen atoms in total. The van der Waals surface area contributed by atoms with Gasteiger partial charge in [-0.05, 0) is 13.0 Å². The van der Waals surface area contributed by atoms with E-state index in [4.69, 9.17) is 23.2 Å². The first kappa shape index (κ1) is 7.83. The van der Waals surface area contributed by atoms with Crippen LogP contribution in [0.25, 0.3) is 5.65 Å². The average Bonchev–Trinajstić information content (AvgIpc) is 2.33. The number of halogens is 2. The number of fused-ring (bicyclic) bond motifs is 1. The number of hydrogen-bond donors (Lipinski definition) is 0. The highest BCUT2D eigenvalue weighted by Crippen LogP contribution is 2.20. The van der Waals surface area contributed by atoms with Crippen molar-refractivity contribution in [2.75, 3.05) is 0 Å². The Kier molecular flexibility index (Phi) is 1.70. The van der Waals surface area contributed by atoms with Crippen molar-refractivity contribution in [3.05, 3.63) is 28.1 Å². The summed E-state index contributed by atoms with van der Waals surface area (Å²) in [5.74, 6) is 0.773. The van der Waals surface area contributed by atoms with E-state index < -0.39 is 0 Å². The fourth-order valence-electron chi connectivity index (χ4n) is 1.03. The molecule has 0 spiro atoms. The molecule has 0 amide bonds. The van der Waals surface area contributed by atoms with Crippen LogP contribution in [0.5, 0.6) is 0 Å². The maximum absolute atomic E-state index is 5.87. The van der Waals surface area contributed by atoms with Crippen LogP contribution in [-0.2, 0) is 0 Å². The molecule has 0 aromatic carbocycles. The first-order valence-corrected chi connectivity index (χ1v) is 4.10. The molecule has 12 heavy (non-hydrogen) atoms. The van der Waals surface area contributed by atoms with Crippen molar-refractivity contribution in [1.29, 1.82) is 0 Å². The Bertz CT molecular complexity index is 435.